The summed E-state index contributed by atoms with van der Waals surface area (Å²) in [6.45, 7) is 1.66. The number of nitrogens with zero attached hydrogens (tertiary/aromatic N) is 3. The molecule has 0 bridgehead atoms. The number of anilines is 1. The molecule has 0 aliphatic heterocycles. The van der Waals surface area contributed by atoms with Crippen molar-refractivity contribution >= 4 is 27.4 Å². The van der Waals surface area contributed by atoms with E-state index < -0.39 is 4.92 Å². The van der Waals surface area contributed by atoms with Crippen molar-refractivity contribution in [3.05, 3.63) is 44.7 Å². The maximum atomic E-state index is 11.0. The normalized spacial score (nSPS) is 10.2. The molecule has 2 rings (SSSR count). The monoisotopic (exact) mass is 339 g/mol. The van der Waals surface area contributed by atoms with Gasteiger partial charge in [-0.3, -0.25) is 10.1 Å². The maximum absolute atomic E-state index is 11.0. The fourth-order valence-electron chi connectivity index (χ4n) is 1.50. The average Bonchev–Trinajstić information content (AvgIpc) is 2.40. The SMILES string of the molecule is Cc1nc(NN)cc(Oc2ccc(Br)cc2[N+](=O)[O-])n1. The molecule has 9 heteroatoms. The first-order valence-corrected chi connectivity index (χ1v) is 6.23. The number of ether oxygens (including phenoxy) is 1. The van der Waals surface area contributed by atoms with Crippen LogP contribution in [-0.4, -0.2) is 14.9 Å². The number of nitrogens with two attached hydrogens (primary N) is 1. The minimum Gasteiger partial charge on any atom is -0.432 e. The third-order valence-electron chi connectivity index (χ3n) is 2.29. The molecule has 1 heterocycles. The molecule has 1 aromatic carbocycles. The highest BCUT2D eigenvalue weighted by molar-refractivity contribution is 9.10. The van der Waals surface area contributed by atoms with E-state index in [-0.39, 0.29) is 17.3 Å². The second-order valence-electron chi connectivity index (χ2n) is 3.75. The molecule has 2 aromatic rings. The van der Waals surface area contributed by atoms with E-state index in [1.54, 1.807) is 13.0 Å². The number of nitro benzene ring substituents is 1. The van der Waals surface area contributed by atoms with Crippen LogP contribution in [0.5, 0.6) is 11.6 Å². The molecule has 0 unspecified atom stereocenters. The van der Waals surface area contributed by atoms with Crippen LogP contribution in [0.25, 0.3) is 0 Å². The van der Waals surface area contributed by atoms with Crippen LogP contribution in [0.4, 0.5) is 11.5 Å². The second-order valence-corrected chi connectivity index (χ2v) is 4.67. The van der Waals surface area contributed by atoms with Gasteiger partial charge >= 0.3 is 5.69 Å². The number of halogens is 1. The van der Waals surface area contributed by atoms with Crippen LogP contribution < -0.4 is 16.0 Å². The Hall–Kier alpha value is -2.26. The number of rotatable bonds is 4. The van der Waals surface area contributed by atoms with E-state index >= 15 is 0 Å². The molecule has 0 amide bonds. The highest BCUT2D eigenvalue weighted by atomic mass is 79.9. The zero-order valence-electron chi connectivity index (χ0n) is 10.3. The van der Waals surface area contributed by atoms with Crippen LogP contribution in [0.3, 0.4) is 0 Å². The molecule has 0 fully saturated rings. The average molecular weight is 340 g/mol. The van der Waals surface area contributed by atoms with Crippen LogP contribution in [0.2, 0.25) is 0 Å². The molecule has 3 N–H and O–H groups in total. The van der Waals surface area contributed by atoms with Gasteiger partial charge in [0.1, 0.15) is 11.6 Å². The van der Waals surface area contributed by atoms with Gasteiger partial charge in [0.15, 0.2) is 0 Å². The van der Waals surface area contributed by atoms with Crippen molar-refractivity contribution in [2.24, 2.45) is 5.84 Å². The highest BCUT2D eigenvalue weighted by Gasteiger charge is 2.17. The van der Waals surface area contributed by atoms with E-state index in [1.165, 1.54) is 18.2 Å². The van der Waals surface area contributed by atoms with E-state index in [0.717, 1.165) is 0 Å². The second kappa shape index (κ2) is 5.80. The number of aryl methyl sites for hydroxylation is 1. The molecule has 0 aliphatic carbocycles. The molecule has 0 radical (unpaired) electrons. The fourth-order valence-corrected chi connectivity index (χ4v) is 1.85. The zero-order valence-corrected chi connectivity index (χ0v) is 11.9. The van der Waals surface area contributed by atoms with Crippen LogP contribution >= 0.6 is 15.9 Å². The number of nitro groups is 1. The number of aromatic nitrogens is 2. The Labute approximate surface area is 122 Å². The predicted octanol–water partition coefficient (Wildman–Crippen LogP) is 2.53. The highest BCUT2D eigenvalue weighted by Crippen LogP contribution is 2.33. The van der Waals surface area contributed by atoms with Gasteiger partial charge in [-0.15, -0.1) is 0 Å². The number of hydrazine groups is 1. The first-order chi connectivity index (χ1) is 9.49. The number of benzene rings is 1. The summed E-state index contributed by atoms with van der Waals surface area (Å²) in [5.74, 6) is 6.29. The Balaban J connectivity index is 2.39. The molecule has 0 aliphatic rings. The summed E-state index contributed by atoms with van der Waals surface area (Å²) in [6.07, 6.45) is 0. The van der Waals surface area contributed by atoms with Gasteiger partial charge in [-0.2, -0.15) is 4.98 Å². The Morgan fingerprint density at radius 1 is 1.40 bits per heavy atom. The van der Waals surface area contributed by atoms with Crippen molar-refractivity contribution in [2.75, 3.05) is 5.43 Å². The summed E-state index contributed by atoms with van der Waals surface area (Å²) in [7, 11) is 0. The van der Waals surface area contributed by atoms with Gasteiger partial charge in [-0.05, 0) is 19.1 Å². The standard InChI is InChI=1S/C11H10BrN5O3/c1-6-14-10(16-13)5-11(15-6)20-9-3-2-7(12)4-8(9)17(18)19/h2-5H,13H2,1H3,(H,14,15,16). The number of hydrogen-bond donors (Lipinski definition) is 2. The van der Waals surface area contributed by atoms with Crippen molar-refractivity contribution in [1.29, 1.82) is 0 Å². The Kier molecular flexibility index (Phi) is 4.11. The van der Waals surface area contributed by atoms with Gasteiger partial charge in [-0.25, -0.2) is 10.8 Å². The Morgan fingerprint density at radius 3 is 2.80 bits per heavy atom. The van der Waals surface area contributed by atoms with Crippen LogP contribution in [-0.2, 0) is 0 Å². The molecular formula is C11H10BrN5O3. The van der Waals surface area contributed by atoms with E-state index in [2.05, 4.69) is 31.3 Å². The lowest BCUT2D eigenvalue weighted by molar-refractivity contribution is -0.385. The first kappa shape index (κ1) is 14.2. The van der Waals surface area contributed by atoms with Gasteiger partial charge in [0.25, 0.3) is 0 Å². The van der Waals surface area contributed by atoms with Crippen LogP contribution in [0.1, 0.15) is 5.82 Å². The zero-order chi connectivity index (χ0) is 14.7. The summed E-state index contributed by atoms with van der Waals surface area (Å²) in [5.41, 5.74) is 2.20. The number of hydrogen-bond acceptors (Lipinski definition) is 7. The van der Waals surface area contributed by atoms with E-state index in [4.69, 9.17) is 10.6 Å². The molecule has 1 aromatic heterocycles. The molecule has 104 valence electrons. The first-order valence-electron chi connectivity index (χ1n) is 5.43. The molecule has 20 heavy (non-hydrogen) atoms. The molecule has 0 spiro atoms. The minimum absolute atomic E-state index is 0.0827. The van der Waals surface area contributed by atoms with Crippen molar-refractivity contribution in [1.82, 2.24) is 9.97 Å². The lowest BCUT2D eigenvalue weighted by atomic mass is 10.3. The third-order valence-corrected chi connectivity index (χ3v) is 2.79. The molecule has 0 saturated carbocycles. The third kappa shape index (κ3) is 3.19. The minimum atomic E-state index is -0.532. The van der Waals surface area contributed by atoms with Crippen molar-refractivity contribution in [2.45, 2.75) is 6.92 Å². The summed E-state index contributed by atoms with van der Waals surface area (Å²) < 4.78 is 6.02. The Bertz CT molecular complexity index is 665. The van der Waals surface area contributed by atoms with E-state index in [0.29, 0.717) is 16.1 Å². The fraction of sp³-hybridized carbons (Fsp3) is 0.0909. The van der Waals surface area contributed by atoms with Gasteiger partial charge in [-0.1, -0.05) is 15.9 Å². The molecular weight excluding hydrogens is 330 g/mol. The van der Waals surface area contributed by atoms with Gasteiger partial charge in [0.2, 0.25) is 11.6 Å². The smallest absolute Gasteiger partial charge is 0.312 e. The topological polar surface area (TPSA) is 116 Å². The molecule has 8 nitrogen and oxygen atoms in total. The lowest BCUT2D eigenvalue weighted by Crippen LogP contribution is -2.10. The van der Waals surface area contributed by atoms with E-state index in [9.17, 15) is 10.1 Å². The van der Waals surface area contributed by atoms with E-state index in [1.807, 2.05) is 0 Å². The van der Waals surface area contributed by atoms with Gasteiger partial charge in [0.05, 0.1) is 4.92 Å². The van der Waals surface area contributed by atoms with Gasteiger partial charge < -0.3 is 10.2 Å². The maximum Gasteiger partial charge on any atom is 0.312 e. The largest absolute Gasteiger partial charge is 0.432 e. The summed E-state index contributed by atoms with van der Waals surface area (Å²) in [4.78, 5) is 18.5. The predicted molar refractivity (Wildman–Crippen MR) is 75.4 cm³/mol. The number of nitrogens with one attached hydrogen (secondary N) is 1. The van der Waals surface area contributed by atoms with Crippen molar-refractivity contribution in [3.63, 3.8) is 0 Å². The molecule has 0 saturated heterocycles. The van der Waals surface area contributed by atoms with Gasteiger partial charge in [0, 0.05) is 16.6 Å². The van der Waals surface area contributed by atoms with Crippen LogP contribution in [0, 0.1) is 17.0 Å². The number of nitrogen functional groups attached to an aromatic ring is 1. The van der Waals surface area contributed by atoms with Crippen molar-refractivity contribution < 1.29 is 9.66 Å². The van der Waals surface area contributed by atoms with Crippen LogP contribution in [0.15, 0.2) is 28.7 Å². The summed E-state index contributed by atoms with van der Waals surface area (Å²) in [6, 6.07) is 5.91. The summed E-state index contributed by atoms with van der Waals surface area (Å²) >= 11 is 3.17. The Morgan fingerprint density at radius 2 is 2.15 bits per heavy atom. The van der Waals surface area contributed by atoms with Crippen molar-refractivity contribution in [3.8, 4) is 11.6 Å². The molecule has 0 atom stereocenters. The summed E-state index contributed by atoms with van der Waals surface area (Å²) in [5, 5.41) is 11.0. The lowest BCUT2D eigenvalue weighted by Gasteiger charge is -2.08. The quantitative estimate of drug-likeness (QED) is 0.499.